The van der Waals surface area contributed by atoms with E-state index in [0.717, 1.165) is 12.8 Å². The number of aromatic nitrogens is 1. The summed E-state index contributed by atoms with van der Waals surface area (Å²) in [5.74, 6) is -0.602. The molecule has 1 aromatic heterocycles. The highest BCUT2D eigenvalue weighted by Gasteiger charge is 2.34. The van der Waals surface area contributed by atoms with Crippen molar-refractivity contribution in [3.05, 3.63) is 39.9 Å². The molecule has 1 saturated carbocycles. The van der Waals surface area contributed by atoms with E-state index in [1.165, 1.54) is 0 Å². The predicted octanol–water partition coefficient (Wildman–Crippen LogP) is 4.30. The third-order valence-electron chi connectivity index (χ3n) is 3.26. The number of benzene rings is 1. The molecule has 6 heteroatoms. The van der Waals surface area contributed by atoms with Crippen molar-refractivity contribution in [2.24, 2.45) is 0 Å². The Morgan fingerprint density at radius 1 is 1.52 bits per heavy atom. The first kappa shape index (κ1) is 14.3. The molecular formula is C15H13BrFNO3. The van der Waals surface area contributed by atoms with Crippen LogP contribution in [0.2, 0.25) is 0 Å². The number of esters is 1. The van der Waals surface area contributed by atoms with Crippen molar-refractivity contribution in [2.75, 3.05) is 6.61 Å². The third kappa shape index (κ3) is 2.72. The van der Waals surface area contributed by atoms with Crippen LogP contribution in [0.1, 0.15) is 41.9 Å². The number of halogens is 2. The number of carbonyl (C=O) groups is 1. The molecule has 0 atom stereocenters. The highest BCUT2D eigenvalue weighted by Crippen LogP contribution is 2.43. The first-order valence-corrected chi connectivity index (χ1v) is 7.53. The van der Waals surface area contributed by atoms with Crippen LogP contribution in [0.4, 0.5) is 4.39 Å². The molecule has 0 radical (unpaired) electrons. The van der Waals surface area contributed by atoms with Gasteiger partial charge in [0, 0.05) is 5.92 Å². The van der Waals surface area contributed by atoms with Gasteiger partial charge in [0.05, 0.1) is 22.3 Å². The molecule has 0 N–H and O–H groups in total. The van der Waals surface area contributed by atoms with Gasteiger partial charge in [-0.05, 0) is 47.8 Å². The molecule has 1 fully saturated rings. The molecule has 0 spiro atoms. The number of ether oxygens (including phenoxy) is 1. The molecule has 0 unspecified atom stereocenters. The Kier molecular flexibility index (Phi) is 3.80. The van der Waals surface area contributed by atoms with Crippen LogP contribution < -0.4 is 0 Å². The van der Waals surface area contributed by atoms with Crippen molar-refractivity contribution in [3.63, 3.8) is 0 Å². The Bertz CT molecular complexity index is 694. The second-order valence-electron chi connectivity index (χ2n) is 4.83. The molecule has 0 bridgehead atoms. The van der Waals surface area contributed by atoms with Crippen LogP contribution in [-0.4, -0.2) is 17.6 Å². The molecule has 2 aromatic rings. The summed E-state index contributed by atoms with van der Waals surface area (Å²) >= 11 is 3.13. The smallest absolute Gasteiger partial charge is 0.376 e. The van der Waals surface area contributed by atoms with E-state index in [9.17, 15) is 9.18 Å². The molecule has 21 heavy (non-hydrogen) atoms. The molecule has 1 heterocycles. The van der Waals surface area contributed by atoms with Gasteiger partial charge in [0.15, 0.2) is 0 Å². The highest BCUT2D eigenvalue weighted by atomic mass is 79.9. The fourth-order valence-electron chi connectivity index (χ4n) is 2.09. The average Bonchev–Trinajstić information content (AvgIpc) is 3.21. The van der Waals surface area contributed by atoms with Gasteiger partial charge in [0.2, 0.25) is 11.7 Å². The van der Waals surface area contributed by atoms with Crippen LogP contribution in [0.5, 0.6) is 0 Å². The lowest BCUT2D eigenvalue weighted by molar-refractivity contribution is 0.0489. The van der Waals surface area contributed by atoms with Crippen molar-refractivity contribution < 1.29 is 18.3 Å². The Balaban J connectivity index is 2.06. The topological polar surface area (TPSA) is 52.3 Å². The van der Waals surface area contributed by atoms with E-state index in [-0.39, 0.29) is 29.7 Å². The van der Waals surface area contributed by atoms with E-state index in [2.05, 4.69) is 20.9 Å². The zero-order valence-corrected chi connectivity index (χ0v) is 12.9. The van der Waals surface area contributed by atoms with E-state index in [1.807, 2.05) is 0 Å². The summed E-state index contributed by atoms with van der Waals surface area (Å²) in [5.41, 5.74) is 0.796. The maximum Gasteiger partial charge on any atom is 0.376 e. The normalized spacial score (nSPS) is 14.2. The van der Waals surface area contributed by atoms with Gasteiger partial charge in [-0.1, -0.05) is 6.07 Å². The van der Waals surface area contributed by atoms with Crippen molar-refractivity contribution in [3.8, 4) is 11.5 Å². The number of carbonyl (C=O) groups excluding carboxylic acids is 1. The van der Waals surface area contributed by atoms with Gasteiger partial charge in [-0.15, -0.1) is 0 Å². The summed E-state index contributed by atoms with van der Waals surface area (Å²) in [6.45, 7) is 1.98. The number of hydrogen-bond donors (Lipinski definition) is 0. The van der Waals surface area contributed by atoms with Crippen LogP contribution in [0, 0.1) is 5.82 Å². The Morgan fingerprint density at radius 3 is 2.95 bits per heavy atom. The highest BCUT2D eigenvalue weighted by molar-refractivity contribution is 9.10. The fraction of sp³-hybridized carbons (Fsp3) is 0.333. The maximum absolute atomic E-state index is 14.1. The Hall–Kier alpha value is -1.69. The van der Waals surface area contributed by atoms with E-state index in [1.54, 1.807) is 25.1 Å². The molecule has 4 nitrogen and oxygen atoms in total. The lowest BCUT2D eigenvalue weighted by Crippen LogP contribution is -2.05. The first-order chi connectivity index (χ1) is 10.1. The van der Waals surface area contributed by atoms with Crippen LogP contribution in [0.3, 0.4) is 0 Å². The minimum absolute atomic E-state index is 0.0914. The zero-order valence-electron chi connectivity index (χ0n) is 11.4. The maximum atomic E-state index is 14.1. The number of rotatable bonds is 4. The third-order valence-corrected chi connectivity index (χ3v) is 3.87. The molecular weight excluding hydrogens is 341 g/mol. The summed E-state index contributed by atoms with van der Waals surface area (Å²) in [5, 5.41) is 0. The van der Waals surface area contributed by atoms with Crippen LogP contribution in [-0.2, 0) is 4.74 Å². The van der Waals surface area contributed by atoms with Crippen molar-refractivity contribution in [2.45, 2.75) is 25.7 Å². The largest absolute Gasteiger partial charge is 0.460 e. The van der Waals surface area contributed by atoms with E-state index < -0.39 is 11.8 Å². The van der Waals surface area contributed by atoms with Gasteiger partial charge in [-0.3, -0.25) is 0 Å². The Morgan fingerprint density at radius 2 is 2.29 bits per heavy atom. The van der Waals surface area contributed by atoms with Crippen LogP contribution in [0.25, 0.3) is 11.5 Å². The fourth-order valence-corrected chi connectivity index (χ4v) is 2.46. The second-order valence-corrected chi connectivity index (χ2v) is 5.68. The van der Waals surface area contributed by atoms with Crippen LogP contribution >= 0.6 is 15.9 Å². The SMILES string of the molecule is CCOC(=O)c1oc(-c2cccc(Br)c2F)nc1C1CC1. The zero-order chi connectivity index (χ0) is 15.0. The van der Waals surface area contributed by atoms with Gasteiger partial charge in [0.1, 0.15) is 5.82 Å². The van der Waals surface area contributed by atoms with Gasteiger partial charge in [-0.2, -0.15) is 0 Å². The number of hydrogen-bond acceptors (Lipinski definition) is 4. The van der Waals surface area contributed by atoms with E-state index in [4.69, 9.17) is 9.15 Å². The molecule has 0 amide bonds. The molecule has 0 aliphatic heterocycles. The molecule has 3 rings (SSSR count). The van der Waals surface area contributed by atoms with Crippen molar-refractivity contribution in [1.29, 1.82) is 0 Å². The predicted molar refractivity (Wildman–Crippen MR) is 77.5 cm³/mol. The molecule has 1 aliphatic rings. The van der Waals surface area contributed by atoms with E-state index in [0.29, 0.717) is 10.2 Å². The van der Waals surface area contributed by atoms with E-state index >= 15 is 0 Å². The lowest BCUT2D eigenvalue weighted by atomic mass is 10.2. The van der Waals surface area contributed by atoms with Crippen molar-refractivity contribution in [1.82, 2.24) is 4.98 Å². The first-order valence-electron chi connectivity index (χ1n) is 6.74. The molecule has 1 aromatic carbocycles. The minimum atomic E-state index is -0.548. The summed E-state index contributed by atoms with van der Waals surface area (Å²) in [4.78, 5) is 16.3. The standard InChI is InChI=1S/C15H13BrFNO3/c1-2-20-15(19)13-12(8-6-7-8)18-14(21-13)9-4-3-5-10(16)11(9)17/h3-5,8H,2,6-7H2,1H3. The van der Waals surface area contributed by atoms with Crippen LogP contribution in [0.15, 0.2) is 27.1 Å². The molecule has 1 aliphatic carbocycles. The summed E-state index contributed by atoms with van der Waals surface area (Å²) in [6, 6.07) is 4.85. The monoisotopic (exact) mass is 353 g/mol. The Labute approximate surface area is 129 Å². The lowest BCUT2D eigenvalue weighted by Gasteiger charge is -2.00. The quantitative estimate of drug-likeness (QED) is 0.769. The van der Waals surface area contributed by atoms with Gasteiger partial charge in [0.25, 0.3) is 0 Å². The van der Waals surface area contributed by atoms with Gasteiger partial charge in [-0.25, -0.2) is 14.2 Å². The minimum Gasteiger partial charge on any atom is -0.460 e. The summed E-state index contributed by atoms with van der Waals surface area (Å²) < 4.78 is 24.9. The summed E-state index contributed by atoms with van der Waals surface area (Å²) in [6.07, 6.45) is 1.92. The van der Waals surface area contributed by atoms with Crippen molar-refractivity contribution >= 4 is 21.9 Å². The average molecular weight is 354 g/mol. The molecule has 0 saturated heterocycles. The second kappa shape index (κ2) is 5.60. The van der Waals surface area contributed by atoms with Gasteiger partial charge >= 0.3 is 5.97 Å². The molecule has 110 valence electrons. The number of oxazole rings is 1. The summed E-state index contributed by atoms with van der Waals surface area (Å²) in [7, 11) is 0. The number of nitrogens with zero attached hydrogens (tertiary/aromatic N) is 1. The van der Waals surface area contributed by atoms with Gasteiger partial charge < -0.3 is 9.15 Å².